The number of aryl methyl sites for hydroxylation is 1. The van der Waals surface area contributed by atoms with Gasteiger partial charge in [-0.05, 0) is 56.3 Å². The van der Waals surface area contributed by atoms with Crippen LogP contribution in [-0.2, 0) is 11.3 Å². The predicted molar refractivity (Wildman–Crippen MR) is 87.2 cm³/mol. The molecule has 3 rings (SSSR count). The summed E-state index contributed by atoms with van der Waals surface area (Å²) >= 11 is 0. The molecule has 0 radical (unpaired) electrons. The lowest BCUT2D eigenvalue weighted by Crippen LogP contribution is -2.33. The number of alkyl halides is 3. The van der Waals surface area contributed by atoms with Crippen LogP contribution in [0.4, 0.5) is 13.2 Å². The molecule has 2 fully saturated rings. The van der Waals surface area contributed by atoms with Gasteiger partial charge in [-0.25, -0.2) is 0 Å². The van der Waals surface area contributed by atoms with Crippen LogP contribution in [0, 0.1) is 18.3 Å². The highest BCUT2D eigenvalue weighted by Crippen LogP contribution is 2.58. The molecule has 25 heavy (non-hydrogen) atoms. The quantitative estimate of drug-likeness (QED) is 0.853. The van der Waals surface area contributed by atoms with Gasteiger partial charge < -0.3 is 15.4 Å². The third kappa shape index (κ3) is 4.45. The van der Waals surface area contributed by atoms with Crippen LogP contribution in [-0.4, -0.2) is 31.8 Å². The number of carbonyl (C=O) groups is 1. The number of halogens is 3. The second-order valence-electron chi connectivity index (χ2n) is 7.10. The Balaban J connectivity index is 1.58. The molecule has 1 saturated heterocycles. The highest BCUT2D eigenvalue weighted by Gasteiger charge is 2.57. The molecule has 2 aliphatic rings. The fourth-order valence-corrected chi connectivity index (χ4v) is 3.60. The molecule has 138 valence electrons. The molecule has 1 spiro atoms. The third-order valence-electron chi connectivity index (χ3n) is 5.17. The Morgan fingerprint density at radius 3 is 2.76 bits per heavy atom. The summed E-state index contributed by atoms with van der Waals surface area (Å²) in [4.78, 5) is 12.4. The third-order valence-corrected chi connectivity index (χ3v) is 5.17. The van der Waals surface area contributed by atoms with Crippen molar-refractivity contribution in [2.45, 2.75) is 38.9 Å². The maximum absolute atomic E-state index is 12.4. The molecule has 1 aliphatic heterocycles. The van der Waals surface area contributed by atoms with Crippen molar-refractivity contribution in [1.82, 2.24) is 10.6 Å². The van der Waals surface area contributed by atoms with Crippen molar-refractivity contribution in [2.24, 2.45) is 11.3 Å². The highest BCUT2D eigenvalue weighted by atomic mass is 19.4. The van der Waals surface area contributed by atoms with E-state index in [1.807, 2.05) is 0 Å². The Kier molecular flexibility index (Phi) is 4.95. The molecule has 1 aliphatic carbocycles. The van der Waals surface area contributed by atoms with Gasteiger partial charge >= 0.3 is 6.18 Å². The van der Waals surface area contributed by atoms with Crippen LogP contribution in [0.15, 0.2) is 18.2 Å². The summed E-state index contributed by atoms with van der Waals surface area (Å²) in [6.07, 6.45) is -1.46. The van der Waals surface area contributed by atoms with Crippen LogP contribution in [0.3, 0.4) is 0 Å². The average molecular weight is 356 g/mol. The topological polar surface area (TPSA) is 50.4 Å². The molecule has 1 unspecified atom stereocenters. The van der Waals surface area contributed by atoms with Crippen molar-refractivity contribution in [1.29, 1.82) is 0 Å². The molecule has 7 heteroatoms. The summed E-state index contributed by atoms with van der Waals surface area (Å²) < 4.78 is 42.1. The van der Waals surface area contributed by atoms with E-state index in [1.165, 1.54) is 0 Å². The first-order valence-electron chi connectivity index (χ1n) is 8.57. The number of ether oxygens (including phenoxy) is 1. The van der Waals surface area contributed by atoms with Crippen LogP contribution in [0.25, 0.3) is 0 Å². The van der Waals surface area contributed by atoms with Crippen molar-refractivity contribution in [3.05, 3.63) is 29.3 Å². The van der Waals surface area contributed by atoms with Gasteiger partial charge in [0.15, 0.2) is 6.61 Å². The second kappa shape index (κ2) is 6.86. The second-order valence-corrected chi connectivity index (χ2v) is 7.10. The fourth-order valence-electron chi connectivity index (χ4n) is 3.60. The maximum Gasteiger partial charge on any atom is 0.422 e. The van der Waals surface area contributed by atoms with Crippen molar-refractivity contribution >= 4 is 5.91 Å². The van der Waals surface area contributed by atoms with E-state index in [-0.39, 0.29) is 29.5 Å². The number of benzene rings is 1. The van der Waals surface area contributed by atoms with Gasteiger partial charge in [-0.1, -0.05) is 12.1 Å². The van der Waals surface area contributed by atoms with E-state index in [2.05, 4.69) is 10.6 Å². The normalized spacial score (nSPS) is 21.8. The molecular formula is C18H23F3N2O2. The largest absolute Gasteiger partial charge is 0.484 e. The summed E-state index contributed by atoms with van der Waals surface area (Å²) in [7, 11) is 0. The van der Waals surface area contributed by atoms with Crippen LogP contribution in [0.2, 0.25) is 0 Å². The lowest BCUT2D eigenvalue weighted by molar-refractivity contribution is -0.153. The average Bonchev–Trinajstić information content (AvgIpc) is 3.25. The standard InChI is InChI=1S/C18H23F3N2O2/c1-12-2-3-13(15(8-12)25-11-18(19,20)21)10-23-16(24)14-9-17(14)4-6-22-7-5-17/h2-3,8,14,22H,4-7,9-11H2,1H3,(H,23,24). The Hall–Kier alpha value is -1.76. The maximum atomic E-state index is 12.4. The van der Waals surface area contributed by atoms with Gasteiger partial charge in [0.2, 0.25) is 5.91 Å². The van der Waals surface area contributed by atoms with E-state index in [1.54, 1.807) is 25.1 Å². The number of carbonyl (C=O) groups excluding carboxylic acids is 1. The summed E-state index contributed by atoms with van der Waals surface area (Å²) in [6.45, 7) is 2.51. The number of nitrogens with one attached hydrogen (secondary N) is 2. The number of amides is 1. The molecule has 1 aromatic carbocycles. The number of piperidine rings is 1. The first kappa shape index (κ1) is 18.0. The van der Waals surface area contributed by atoms with Crippen molar-refractivity contribution in [3.8, 4) is 5.75 Å². The van der Waals surface area contributed by atoms with Crippen molar-refractivity contribution in [2.75, 3.05) is 19.7 Å². The van der Waals surface area contributed by atoms with Crippen LogP contribution in [0.5, 0.6) is 5.75 Å². The fraction of sp³-hybridized carbons (Fsp3) is 0.611. The summed E-state index contributed by atoms with van der Waals surface area (Å²) in [5.41, 5.74) is 1.50. The zero-order valence-corrected chi connectivity index (χ0v) is 14.2. The van der Waals surface area contributed by atoms with Crippen molar-refractivity contribution < 1.29 is 22.7 Å². The zero-order valence-electron chi connectivity index (χ0n) is 14.2. The summed E-state index contributed by atoms with van der Waals surface area (Å²) in [6, 6.07) is 5.07. The van der Waals surface area contributed by atoms with Gasteiger partial charge in [0, 0.05) is 18.0 Å². The van der Waals surface area contributed by atoms with Gasteiger partial charge in [-0.2, -0.15) is 13.2 Å². The molecule has 0 bridgehead atoms. The van der Waals surface area contributed by atoms with Gasteiger partial charge in [0.05, 0.1) is 0 Å². The van der Waals surface area contributed by atoms with Gasteiger partial charge in [-0.15, -0.1) is 0 Å². The molecule has 1 aromatic rings. The molecule has 2 N–H and O–H groups in total. The predicted octanol–water partition coefficient (Wildman–Crippen LogP) is 2.94. The minimum absolute atomic E-state index is 0.00996. The van der Waals surface area contributed by atoms with E-state index in [0.29, 0.717) is 5.56 Å². The van der Waals surface area contributed by atoms with Gasteiger partial charge in [0.1, 0.15) is 5.75 Å². The number of hydrogen-bond donors (Lipinski definition) is 2. The molecular weight excluding hydrogens is 333 g/mol. The Morgan fingerprint density at radius 2 is 2.08 bits per heavy atom. The number of rotatable bonds is 5. The molecule has 1 atom stereocenters. The first-order chi connectivity index (χ1) is 11.8. The molecule has 4 nitrogen and oxygen atoms in total. The van der Waals surface area contributed by atoms with E-state index in [9.17, 15) is 18.0 Å². The minimum Gasteiger partial charge on any atom is -0.484 e. The minimum atomic E-state index is -4.39. The Morgan fingerprint density at radius 1 is 1.36 bits per heavy atom. The number of hydrogen-bond acceptors (Lipinski definition) is 3. The Labute approximate surface area is 145 Å². The lowest BCUT2D eigenvalue weighted by Gasteiger charge is -2.23. The highest BCUT2D eigenvalue weighted by molar-refractivity contribution is 5.82. The van der Waals surface area contributed by atoms with E-state index >= 15 is 0 Å². The molecule has 1 amide bonds. The first-order valence-corrected chi connectivity index (χ1v) is 8.57. The van der Waals surface area contributed by atoms with Crippen LogP contribution >= 0.6 is 0 Å². The smallest absolute Gasteiger partial charge is 0.422 e. The van der Waals surface area contributed by atoms with Crippen LogP contribution < -0.4 is 15.4 Å². The van der Waals surface area contributed by atoms with E-state index in [0.717, 1.165) is 37.9 Å². The van der Waals surface area contributed by atoms with Gasteiger partial charge in [0.25, 0.3) is 0 Å². The molecule has 0 aromatic heterocycles. The lowest BCUT2D eigenvalue weighted by atomic mass is 9.92. The molecule has 1 heterocycles. The monoisotopic (exact) mass is 356 g/mol. The molecule has 1 saturated carbocycles. The van der Waals surface area contributed by atoms with E-state index in [4.69, 9.17) is 4.74 Å². The Bertz CT molecular complexity index is 640. The van der Waals surface area contributed by atoms with Gasteiger partial charge in [-0.3, -0.25) is 4.79 Å². The SMILES string of the molecule is Cc1ccc(CNC(=O)C2CC23CCNCC3)c(OCC(F)(F)F)c1. The van der Waals surface area contributed by atoms with Crippen LogP contribution in [0.1, 0.15) is 30.4 Å². The summed E-state index contributed by atoms with van der Waals surface area (Å²) in [5.74, 6) is 0.189. The van der Waals surface area contributed by atoms with E-state index < -0.39 is 12.8 Å². The van der Waals surface area contributed by atoms with Crippen molar-refractivity contribution in [3.63, 3.8) is 0 Å². The zero-order chi connectivity index (χ0) is 18.1. The summed E-state index contributed by atoms with van der Waals surface area (Å²) in [5, 5.41) is 6.17.